The standard InChI is InChI=1S/C16H14N2O2/c1-2-10-5-3-4-6-14(10)18-15(19)12-8-7-11(17)9-13(12)16(18)20/h3-9H,2,17H2,1H3. The van der Waals surface area contributed by atoms with Gasteiger partial charge in [-0.1, -0.05) is 25.1 Å². The van der Waals surface area contributed by atoms with Crippen LogP contribution in [-0.4, -0.2) is 11.8 Å². The number of benzene rings is 2. The number of anilines is 2. The van der Waals surface area contributed by atoms with E-state index >= 15 is 0 Å². The Balaban J connectivity index is 2.14. The molecule has 1 aliphatic heterocycles. The molecule has 0 fully saturated rings. The summed E-state index contributed by atoms with van der Waals surface area (Å²) in [5.41, 5.74) is 8.59. The number of nitrogen functional groups attached to an aromatic ring is 1. The predicted molar refractivity (Wildman–Crippen MR) is 77.8 cm³/mol. The minimum absolute atomic E-state index is 0.286. The number of hydrogen-bond acceptors (Lipinski definition) is 3. The molecule has 2 aromatic rings. The lowest BCUT2D eigenvalue weighted by Crippen LogP contribution is -2.30. The molecule has 0 aliphatic carbocycles. The van der Waals surface area contributed by atoms with Crippen LogP contribution in [-0.2, 0) is 6.42 Å². The first kappa shape index (κ1) is 12.4. The van der Waals surface area contributed by atoms with Gasteiger partial charge >= 0.3 is 0 Å². The number of fused-ring (bicyclic) bond motifs is 1. The Morgan fingerprint density at radius 3 is 2.45 bits per heavy atom. The summed E-state index contributed by atoms with van der Waals surface area (Å²) < 4.78 is 0. The summed E-state index contributed by atoms with van der Waals surface area (Å²) in [5.74, 6) is -0.593. The first-order valence-electron chi connectivity index (χ1n) is 6.49. The molecule has 2 amide bonds. The number of carbonyl (C=O) groups excluding carboxylic acids is 2. The third kappa shape index (κ3) is 1.69. The van der Waals surface area contributed by atoms with Crippen LogP contribution in [0.2, 0.25) is 0 Å². The first-order chi connectivity index (χ1) is 9.63. The van der Waals surface area contributed by atoms with E-state index in [0.29, 0.717) is 22.5 Å². The summed E-state index contributed by atoms with van der Waals surface area (Å²) in [6, 6.07) is 12.3. The molecule has 4 heteroatoms. The van der Waals surface area contributed by atoms with Crippen LogP contribution in [0.25, 0.3) is 0 Å². The van der Waals surface area contributed by atoms with E-state index in [0.717, 1.165) is 12.0 Å². The molecule has 0 saturated carbocycles. The summed E-state index contributed by atoms with van der Waals surface area (Å²) in [7, 11) is 0. The zero-order valence-electron chi connectivity index (χ0n) is 11.1. The molecule has 2 aromatic carbocycles. The molecule has 0 aromatic heterocycles. The number of amides is 2. The van der Waals surface area contributed by atoms with Gasteiger partial charge in [0.05, 0.1) is 16.8 Å². The molecule has 1 aliphatic rings. The number of aryl methyl sites for hydroxylation is 1. The number of nitrogens with two attached hydrogens (primary N) is 1. The third-order valence-electron chi connectivity index (χ3n) is 3.52. The highest BCUT2D eigenvalue weighted by Crippen LogP contribution is 2.31. The van der Waals surface area contributed by atoms with Crippen molar-refractivity contribution >= 4 is 23.2 Å². The molecule has 0 radical (unpaired) electrons. The number of rotatable bonds is 2. The van der Waals surface area contributed by atoms with E-state index < -0.39 is 0 Å². The lowest BCUT2D eigenvalue weighted by atomic mass is 10.1. The van der Waals surface area contributed by atoms with E-state index in [1.54, 1.807) is 24.3 Å². The highest BCUT2D eigenvalue weighted by Gasteiger charge is 2.37. The molecule has 0 spiro atoms. The molecule has 100 valence electrons. The van der Waals surface area contributed by atoms with Crippen LogP contribution in [0, 0.1) is 0 Å². The molecule has 0 bridgehead atoms. The molecule has 1 heterocycles. The van der Waals surface area contributed by atoms with Crippen LogP contribution in [0.3, 0.4) is 0 Å². The molecule has 0 atom stereocenters. The number of nitrogens with zero attached hydrogens (tertiary/aromatic N) is 1. The Labute approximate surface area is 116 Å². The second-order valence-corrected chi connectivity index (χ2v) is 4.73. The highest BCUT2D eigenvalue weighted by atomic mass is 16.2. The number of hydrogen-bond donors (Lipinski definition) is 1. The molecule has 3 rings (SSSR count). The van der Waals surface area contributed by atoms with E-state index in [4.69, 9.17) is 5.73 Å². The van der Waals surface area contributed by atoms with Gasteiger partial charge in [0.1, 0.15) is 0 Å². The van der Waals surface area contributed by atoms with Crippen molar-refractivity contribution < 1.29 is 9.59 Å². The summed E-state index contributed by atoms with van der Waals surface area (Å²) in [4.78, 5) is 26.2. The van der Waals surface area contributed by atoms with Crippen LogP contribution < -0.4 is 10.6 Å². The maximum Gasteiger partial charge on any atom is 0.266 e. The summed E-state index contributed by atoms with van der Waals surface area (Å²) >= 11 is 0. The van der Waals surface area contributed by atoms with Crippen LogP contribution >= 0.6 is 0 Å². The molecule has 0 saturated heterocycles. The Bertz CT molecular complexity index is 722. The minimum atomic E-state index is -0.307. The molecular formula is C16H14N2O2. The fourth-order valence-electron chi connectivity index (χ4n) is 2.51. The van der Waals surface area contributed by atoms with Crippen molar-refractivity contribution in [3.05, 3.63) is 59.2 Å². The summed E-state index contributed by atoms with van der Waals surface area (Å²) in [6.45, 7) is 2.00. The van der Waals surface area contributed by atoms with Crippen molar-refractivity contribution in [1.29, 1.82) is 0 Å². The van der Waals surface area contributed by atoms with E-state index in [2.05, 4.69) is 0 Å². The summed E-state index contributed by atoms with van der Waals surface area (Å²) in [5, 5.41) is 0. The first-order valence-corrected chi connectivity index (χ1v) is 6.49. The van der Waals surface area contributed by atoms with Gasteiger partial charge in [0.15, 0.2) is 0 Å². The highest BCUT2D eigenvalue weighted by molar-refractivity contribution is 6.34. The molecule has 4 nitrogen and oxygen atoms in total. The molecule has 20 heavy (non-hydrogen) atoms. The van der Waals surface area contributed by atoms with Crippen LogP contribution in [0.1, 0.15) is 33.2 Å². The average molecular weight is 266 g/mol. The Kier molecular flexibility index (Phi) is 2.79. The summed E-state index contributed by atoms with van der Waals surface area (Å²) in [6.07, 6.45) is 0.756. The maximum atomic E-state index is 12.5. The van der Waals surface area contributed by atoms with Crippen molar-refractivity contribution in [1.82, 2.24) is 0 Å². The molecule has 2 N–H and O–H groups in total. The van der Waals surface area contributed by atoms with Crippen molar-refractivity contribution in [3.63, 3.8) is 0 Å². The topological polar surface area (TPSA) is 63.4 Å². The van der Waals surface area contributed by atoms with E-state index in [9.17, 15) is 9.59 Å². The Morgan fingerprint density at radius 1 is 1.00 bits per heavy atom. The second kappa shape index (κ2) is 4.49. The van der Waals surface area contributed by atoms with Gasteiger partial charge < -0.3 is 5.73 Å². The van der Waals surface area contributed by atoms with Gasteiger partial charge in [-0.25, -0.2) is 4.90 Å². The fourth-order valence-corrected chi connectivity index (χ4v) is 2.51. The predicted octanol–water partition coefficient (Wildman–Crippen LogP) is 2.63. The van der Waals surface area contributed by atoms with Gasteiger partial charge in [0, 0.05) is 5.69 Å². The lowest BCUT2D eigenvalue weighted by molar-refractivity contribution is 0.0926. The lowest BCUT2D eigenvalue weighted by Gasteiger charge is -2.17. The van der Waals surface area contributed by atoms with E-state index in [-0.39, 0.29) is 11.8 Å². The average Bonchev–Trinajstić information content (AvgIpc) is 2.70. The van der Waals surface area contributed by atoms with Gasteiger partial charge in [-0.2, -0.15) is 0 Å². The largest absolute Gasteiger partial charge is 0.399 e. The number of imide groups is 1. The normalized spacial score (nSPS) is 13.8. The van der Waals surface area contributed by atoms with Crippen molar-refractivity contribution in [3.8, 4) is 0 Å². The van der Waals surface area contributed by atoms with Crippen LogP contribution in [0.4, 0.5) is 11.4 Å². The zero-order chi connectivity index (χ0) is 14.3. The van der Waals surface area contributed by atoms with Gasteiger partial charge in [0.2, 0.25) is 0 Å². The van der Waals surface area contributed by atoms with Crippen molar-refractivity contribution in [2.45, 2.75) is 13.3 Å². The van der Waals surface area contributed by atoms with Gasteiger partial charge in [-0.3, -0.25) is 9.59 Å². The van der Waals surface area contributed by atoms with Crippen LogP contribution in [0.15, 0.2) is 42.5 Å². The van der Waals surface area contributed by atoms with E-state index in [1.807, 2.05) is 25.1 Å². The Hall–Kier alpha value is -2.62. The molecular weight excluding hydrogens is 252 g/mol. The second-order valence-electron chi connectivity index (χ2n) is 4.73. The maximum absolute atomic E-state index is 12.5. The van der Waals surface area contributed by atoms with Gasteiger partial charge in [-0.05, 0) is 36.2 Å². The third-order valence-corrected chi connectivity index (χ3v) is 3.52. The Morgan fingerprint density at radius 2 is 1.70 bits per heavy atom. The minimum Gasteiger partial charge on any atom is -0.399 e. The van der Waals surface area contributed by atoms with Crippen LogP contribution in [0.5, 0.6) is 0 Å². The number of carbonyl (C=O) groups is 2. The fraction of sp³-hybridized carbons (Fsp3) is 0.125. The zero-order valence-corrected chi connectivity index (χ0v) is 11.1. The smallest absolute Gasteiger partial charge is 0.266 e. The van der Waals surface area contributed by atoms with Gasteiger partial charge in [-0.15, -0.1) is 0 Å². The van der Waals surface area contributed by atoms with E-state index in [1.165, 1.54) is 4.90 Å². The monoisotopic (exact) mass is 266 g/mol. The quantitative estimate of drug-likeness (QED) is 0.671. The molecule has 0 unspecified atom stereocenters. The van der Waals surface area contributed by atoms with Crippen molar-refractivity contribution in [2.24, 2.45) is 0 Å². The van der Waals surface area contributed by atoms with Gasteiger partial charge in [0.25, 0.3) is 11.8 Å². The van der Waals surface area contributed by atoms with Crippen molar-refractivity contribution in [2.75, 3.05) is 10.6 Å². The SMILES string of the molecule is CCc1ccccc1N1C(=O)c2ccc(N)cc2C1=O. The number of para-hydroxylation sites is 1.